The van der Waals surface area contributed by atoms with E-state index in [1.54, 1.807) is 16.7 Å². The highest BCUT2D eigenvalue weighted by Crippen LogP contribution is 2.30. The SMILES string of the molecule is CCOC(=O)c1ccc(N2CCN(C(=O)COc3ccc([N+](=O)[O-])cc3)CC2)c([N+](=O)[O-])c1. The Bertz CT molecular complexity index is 1050. The van der Waals surface area contributed by atoms with E-state index in [1.165, 1.54) is 42.5 Å². The molecular formula is C21H22N4O8. The second kappa shape index (κ2) is 10.4. The smallest absolute Gasteiger partial charge is 0.338 e. The van der Waals surface area contributed by atoms with Gasteiger partial charge in [-0.15, -0.1) is 0 Å². The van der Waals surface area contributed by atoms with E-state index in [4.69, 9.17) is 9.47 Å². The number of nitro groups is 2. The van der Waals surface area contributed by atoms with Crippen molar-refractivity contribution in [3.63, 3.8) is 0 Å². The fourth-order valence-electron chi connectivity index (χ4n) is 3.38. The molecule has 3 rings (SSSR count). The van der Waals surface area contributed by atoms with Crippen LogP contribution in [0.4, 0.5) is 17.1 Å². The van der Waals surface area contributed by atoms with E-state index in [-0.39, 0.29) is 36.1 Å². The summed E-state index contributed by atoms with van der Waals surface area (Å²) in [5.41, 5.74) is 0.183. The Labute approximate surface area is 188 Å². The molecule has 0 atom stereocenters. The van der Waals surface area contributed by atoms with Crippen molar-refractivity contribution >= 4 is 28.9 Å². The van der Waals surface area contributed by atoms with Gasteiger partial charge in [0.15, 0.2) is 6.61 Å². The lowest BCUT2D eigenvalue weighted by Crippen LogP contribution is -2.50. The number of nitro benzene ring substituents is 2. The van der Waals surface area contributed by atoms with Gasteiger partial charge in [0.1, 0.15) is 11.4 Å². The van der Waals surface area contributed by atoms with E-state index in [9.17, 15) is 29.8 Å². The molecule has 0 bridgehead atoms. The largest absolute Gasteiger partial charge is 0.484 e. The van der Waals surface area contributed by atoms with Crippen molar-refractivity contribution in [2.24, 2.45) is 0 Å². The first-order valence-corrected chi connectivity index (χ1v) is 10.2. The van der Waals surface area contributed by atoms with Crippen LogP contribution in [0.2, 0.25) is 0 Å². The first kappa shape index (κ1) is 23.4. The van der Waals surface area contributed by atoms with Crippen molar-refractivity contribution in [3.05, 3.63) is 68.3 Å². The second-order valence-electron chi connectivity index (χ2n) is 7.09. The lowest BCUT2D eigenvalue weighted by atomic mass is 10.1. The van der Waals surface area contributed by atoms with E-state index >= 15 is 0 Å². The number of carbonyl (C=O) groups excluding carboxylic acids is 2. The second-order valence-corrected chi connectivity index (χ2v) is 7.09. The molecule has 0 radical (unpaired) electrons. The number of hydrogen-bond donors (Lipinski definition) is 0. The van der Waals surface area contributed by atoms with E-state index in [0.717, 1.165) is 0 Å². The molecule has 12 nitrogen and oxygen atoms in total. The maximum atomic E-state index is 12.5. The van der Waals surface area contributed by atoms with Crippen molar-refractivity contribution < 1.29 is 28.9 Å². The lowest BCUT2D eigenvalue weighted by Gasteiger charge is -2.35. The fourth-order valence-corrected chi connectivity index (χ4v) is 3.38. The first-order valence-electron chi connectivity index (χ1n) is 10.2. The number of esters is 1. The van der Waals surface area contributed by atoms with Crippen LogP contribution < -0.4 is 9.64 Å². The molecule has 0 spiro atoms. The van der Waals surface area contributed by atoms with Gasteiger partial charge in [-0.1, -0.05) is 0 Å². The maximum absolute atomic E-state index is 12.5. The summed E-state index contributed by atoms with van der Waals surface area (Å²) in [7, 11) is 0. The van der Waals surface area contributed by atoms with Crippen LogP contribution in [0.25, 0.3) is 0 Å². The van der Waals surface area contributed by atoms with Crippen molar-refractivity contribution in [1.29, 1.82) is 0 Å². The molecule has 0 aromatic heterocycles. The third-order valence-electron chi connectivity index (χ3n) is 5.07. The van der Waals surface area contributed by atoms with Crippen LogP contribution >= 0.6 is 0 Å². The molecular weight excluding hydrogens is 436 g/mol. The summed E-state index contributed by atoms with van der Waals surface area (Å²) in [6.07, 6.45) is 0. The van der Waals surface area contributed by atoms with Crippen LogP contribution in [0.5, 0.6) is 5.75 Å². The Hall–Kier alpha value is -4.22. The molecule has 1 heterocycles. The lowest BCUT2D eigenvalue weighted by molar-refractivity contribution is -0.384. The van der Waals surface area contributed by atoms with Crippen molar-refractivity contribution in [2.45, 2.75) is 6.92 Å². The van der Waals surface area contributed by atoms with E-state index in [0.29, 0.717) is 37.6 Å². The predicted molar refractivity (Wildman–Crippen MR) is 116 cm³/mol. The number of benzene rings is 2. The third-order valence-corrected chi connectivity index (χ3v) is 5.07. The zero-order valence-corrected chi connectivity index (χ0v) is 17.8. The van der Waals surface area contributed by atoms with Crippen LogP contribution in [0.1, 0.15) is 17.3 Å². The summed E-state index contributed by atoms with van der Waals surface area (Å²) in [5.74, 6) is -0.555. The van der Waals surface area contributed by atoms with Crippen LogP contribution in [0.3, 0.4) is 0 Å². The molecule has 0 aliphatic carbocycles. The molecule has 12 heteroatoms. The van der Waals surface area contributed by atoms with Crippen molar-refractivity contribution in [2.75, 3.05) is 44.3 Å². The molecule has 1 saturated heterocycles. The molecule has 174 valence electrons. The number of nitrogens with zero attached hydrogens (tertiary/aromatic N) is 4. The van der Waals surface area contributed by atoms with Gasteiger partial charge in [-0.05, 0) is 31.2 Å². The molecule has 1 fully saturated rings. The first-order chi connectivity index (χ1) is 15.8. The molecule has 0 N–H and O–H groups in total. The predicted octanol–water partition coefficient (Wildman–Crippen LogP) is 2.41. The normalized spacial score (nSPS) is 13.4. The number of amides is 1. The fraction of sp³-hybridized carbons (Fsp3) is 0.333. The van der Waals surface area contributed by atoms with Crippen LogP contribution in [0, 0.1) is 20.2 Å². The van der Waals surface area contributed by atoms with Gasteiger partial charge in [-0.2, -0.15) is 0 Å². The molecule has 0 saturated carbocycles. The number of piperazine rings is 1. The number of carbonyl (C=O) groups is 2. The van der Waals surface area contributed by atoms with E-state index < -0.39 is 15.8 Å². The Morgan fingerprint density at radius 2 is 1.64 bits per heavy atom. The van der Waals surface area contributed by atoms with E-state index in [2.05, 4.69) is 0 Å². The average Bonchev–Trinajstić information content (AvgIpc) is 2.82. The molecule has 2 aromatic rings. The third kappa shape index (κ3) is 5.73. The van der Waals surface area contributed by atoms with Gasteiger partial charge >= 0.3 is 5.97 Å². The van der Waals surface area contributed by atoms with Crippen LogP contribution in [-0.4, -0.2) is 66.0 Å². The quantitative estimate of drug-likeness (QED) is 0.330. The zero-order chi connectivity index (χ0) is 24.0. The van der Waals surface area contributed by atoms with Gasteiger partial charge in [0.2, 0.25) is 0 Å². The topological polar surface area (TPSA) is 145 Å². The van der Waals surface area contributed by atoms with E-state index in [1.807, 2.05) is 0 Å². The summed E-state index contributed by atoms with van der Waals surface area (Å²) in [6, 6.07) is 9.61. The number of hydrogen-bond acceptors (Lipinski definition) is 9. The maximum Gasteiger partial charge on any atom is 0.338 e. The Morgan fingerprint density at radius 3 is 2.21 bits per heavy atom. The summed E-state index contributed by atoms with van der Waals surface area (Å²) < 4.78 is 10.3. The highest BCUT2D eigenvalue weighted by atomic mass is 16.6. The Balaban J connectivity index is 1.58. The van der Waals surface area contributed by atoms with Crippen LogP contribution in [-0.2, 0) is 9.53 Å². The number of ether oxygens (including phenoxy) is 2. The van der Waals surface area contributed by atoms with Crippen LogP contribution in [0.15, 0.2) is 42.5 Å². The number of rotatable bonds is 8. The summed E-state index contributed by atoms with van der Waals surface area (Å²) >= 11 is 0. The average molecular weight is 458 g/mol. The molecule has 2 aromatic carbocycles. The van der Waals surface area contributed by atoms with Gasteiger partial charge in [-0.3, -0.25) is 25.0 Å². The number of non-ortho nitro benzene ring substituents is 1. The molecule has 0 unspecified atom stereocenters. The Morgan fingerprint density at radius 1 is 0.970 bits per heavy atom. The van der Waals surface area contributed by atoms with Gasteiger partial charge < -0.3 is 19.3 Å². The molecule has 33 heavy (non-hydrogen) atoms. The van der Waals surface area contributed by atoms with Gasteiger partial charge in [0.25, 0.3) is 17.3 Å². The van der Waals surface area contributed by atoms with Crippen molar-refractivity contribution in [3.8, 4) is 5.75 Å². The minimum absolute atomic E-state index is 0.0748. The minimum atomic E-state index is -0.629. The highest BCUT2D eigenvalue weighted by molar-refractivity contribution is 5.91. The monoisotopic (exact) mass is 458 g/mol. The van der Waals surface area contributed by atoms with Gasteiger partial charge in [0.05, 0.1) is 22.0 Å². The standard InChI is InChI=1S/C21H22N4O8/c1-2-32-21(27)15-3-8-18(19(13-15)25(30)31)22-9-11-23(12-10-22)20(26)14-33-17-6-4-16(5-7-17)24(28)29/h3-8,13H,2,9-12,14H2,1H3. The van der Waals surface area contributed by atoms with Gasteiger partial charge in [-0.25, -0.2) is 4.79 Å². The Kier molecular flexibility index (Phi) is 7.38. The summed E-state index contributed by atoms with van der Waals surface area (Å²) in [5, 5.41) is 22.2. The van der Waals surface area contributed by atoms with Crippen molar-refractivity contribution in [1.82, 2.24) is 4.90 Å². The molecule has 1 aliphatic heterocycles. The molecule has 1 aliphatic rings. The summed E-state index contributed by atoms with van der Waals surface area (Å²) in [4.78, 5) is 48.9. The number of anilines is 1. The minimum Gasteiger partial charge on any atom is -0.484 e. The zero-order valence-electron chi connectivity index (χ0n) is 17.8. The van der Waals surface area contributed by atoms with Gasteiger partial charge in [0, 0.05) is 44.4 Å². The highest BCUT2D eigenvalue weighted by Gasteiger charge is 2.27. The molecule has 1 amide bonds. The summed E-state index contributed by atoms with van der Waals surface area (Å²) in [6.45, 7) is 2.98.